The van der Waals surface area contributed by atoms with Gasteiger partial charge in [0.1, 0.15) is 6.54 Å². The zero-order valence-corrected chi connectivity index (χ0v) is 12.6. The van der Waals surface area contributed by atoms with Crippen molar-refractivity contribution < 1.29 is 19.8 Å². The minimum absolute atomic E-state index is 0.288. The van der Waals surface area contributed by atoms with Crippen LogP contribution in [0.15, 0.2) is 0 Å². The highest BCUT2D eigenvalue weighted by Crippen LogP contribution is 2.19. The summed E-state index contributed by atoms with van der Waals surface area (Å²) in [6.45, 7) is 5.02. The smallest absolute Gasteiger partial charge is 0.323 e. The van der Waals surface area contributed by atoms with E-state index in [0.29, 0.717) is 6.42 Å². The monoisotopic (exact) mass is 286 g/mol. The summed E-state index contributed by atoms with van der Waals surface area (Å²) in [5, 5.41) is 21.7. The number of nitrogens with zero attached hydrogens (tertiary/aromatic N) is 1. The van der Waals surface area contributed by atoms with Crippen molar-refractivity contribution in [1.29, 1.82) is 0 Å². The van der Waals surface area contributed by atoms with Gasteiger partial charge in [-0.15, -0.1) is 0 Å². The highest BCUT2D eigenvalue weighted by molar-refractivity contribution is 5.81. The second-order valence-electron chi connectivity index (χ2n) is 6.41. The average Bonchev–Trinajstić information content (AvgIpc) is 2.50. The van der Waals surface area contributed by atoms with E-state index in [4.69, 9.17) is 5.11 Å². The topological polar surface area (TPSA) is 89.9 Å². The van der Waals surface area contributed by atoms with Crippen LogP contribution >= 0.6 is 0 Å². The van der Waals surface area contributed by atoms with Gasteiger partial charge in [0.25, 0.3) is 0 Å². The summed E-state index contributed by atoms with van der Waals surface area (Å²) in [5.41, 5.74) is -0.585. The van der Waals surface area contributed by atoms with Crippen LogP contribution in [-0.2, 0) is 4.79 Å². The molecule has 1 aliphatic rings. The molecule has 6 nitrogen and oxygen atoms in total. The summed E-state index contributed by atoms with van der Waals surface area (Å²) >= 11 is 0. The van der Waals surface area contributed by atoms with E-state index in [9.17, 15) is 14.7 Å². The molecule has 3 N–H and O–H groups in total. The largest absolute Gasteiger partial charge is 0.480 e. The highest BCUT2D eigenvalue weighted by Gasteiger charge is 2.31. The van der Waals surface area contributed by atoms with Crippen LogP contribution < -0.4 is 5.32 Å². The van der Waals surface area contributed by atoms with Gasteiger partial charge >= 0.3 is 12.0 Å². The number of hydrogen-bond donors (Lipinski definition) is 3. The minimum Gasteiger partial charge on any atom is -0.480 e. The van der Waals surface area contributed by atoms with Crippen LogP contribution in [0.1, 0.15) is 52.9 Å². The molecule has 2 atom stereocenters. The molecule has 0 saturated heterocycles. The Morgan fingerprint density at radius 3 is 2.35 bits per heavy atom. The molecule has 1 saturated carbocycles. The maximum atomic E-state index is 12.3. The molecule has 1 fully saturated rings. The lowest BCUT2D eigenvalue weighted by atomic mass is 10.0. The van der Waals surface area contributed by atoms with Gasteiger partial charge in [-0.05, 0) is 33.6 Å². The van der Waals surface area contributed by atoms with Gasteiger partial charge in [0.2, 0.25) is 0 Å². The number of rotatable bonds is 3. The molecule has 0 aromatic carbocycles. The molecular weight excluding hydrogens is 260 g/mol. The zero-order chi connectivity index (χ0) is 15.3. The van der Waals surface area contributed by atoms with Gasteiger partial charge in [0.15, 0.2) is 0 Å². The SMILES string of the molecule is CC(C)(C)N(CC(=O)O)C(=O)NC1CCCCCC1O. The molecule has 2 unspecified atom stereocenters. The Morgan fingerprint density at radius 1 is 1.20 bits per heavy atom. The lowest BCUT2D eigenvalue weighted by Gasteiger charge is -2.36. The number of amides is 2. The predicted molar refractivity (Wildman–Crippen MR) is 75.5 cm³/mol. The van der Waals surface area contributed by atoms with Crippen molar-refractivity contribution in [2.45, 2.75) is 70.6 Å². The predicted octanol–water partition coefficient (Wildman–Crippen LogP) is 1.57. The second kappa shape index (κ2) is 6.92. The second-order valence-corrected chi connectivity index (χ2v) is 6.41. The Morgan fingerprint density at radius 2 is 1.80 bits per heavy atom. The number of urea groups is 1. The minimum atomic E-state index is -1.04. The summed E-state index contributed by atoms with van der Waals surface area (Å²) in [4.78, 5) is 24.5. The van der Waals surface area contributed by atoms with Crippen LogP contribution in [-0.4, -0.2) is 51.3 Å². The van der Waals surface area contributed by atoms with Crippen molar-refractivity contribution in [3.05, 3.63) is 0 Å². The highest BCUT2D eigenvalue weighted by atomic mass is 16.4. The maximum absolute atomic E-state index is 12.3. The van der Waals surface area contributed by atoms with Gasteiger partial charge in [-0.1, -0.05) is 19.3 Å². The number of hydrogen-bond acceptors (Lipinski definition) is 3. The number of carbonyl (C=O) groups excluding carboxylic acids is 1. The molecule has 0 bridgehead atoms. The van der Waals surface area contributed by atoms with Gasteiger partial charge in [-0.3, -0.25) is 4.79 Å². The summed E-state index contributed by atoms with van der Waals surface area (Å²) in [6.07, 6.45) is 3.86. The molecule has 0 spiro atoms. The lowest BCUT2D eigenvalue weighted by molar-refractivity contribution is -0.138. The molecule has 0 heterocycles. The number of aliphatic carboxylic acids is 1. The van der Waals surface area contributed by atoms with Crippen molar-refractivity contribution in [3.8, 4) is 0 Å². The molecular formula is C14H26N2O4. The van der Waals surface area contributed by atoms with Gasteiger partial charge < -0.3 is 20.4 Å². The normalized spacial score (nSPS) is 23.8. The van der Waals surface area contributed by atoms with Crippen LogP contribution in [0.5, 0.6) is 0 Å². The molecule has 0 radical (unpaired) electrons. The number of aliphatic hydroxyl groups excluding tert-OH is 1. The quantitative estimate of drug-likeness (QED) is 0.687. The molecule has 0 aromatic rings. The van der Waals surface area contributed by atoms with Crippen LogP contribution in [0.4, 0.5) is 4.79 Å². The van der Waals surface area contributed by atoms with Gasteiger partial charge in [-0.2, -0.15) is 0 Å². The summed E-state index contributed by atoms with van der Waals surface area (Å²) < 4.78 is 0. The number of carboxylic acids is 1. The van der Waals surface area contributed by atoms with Crippen molar-refractivity contribution in [2.75, 3.05) is 6.54 Å². The molecule has 6 heteroatoms. The summed E-state index contributed by atoms with van der Waals surface area (Å²) in [7, 11) is 0. The lowest BCUT2D eigenvalue weighted by Crippen LogP contribution is -2.56. The first-order chi connectivity index (χ1) is 9.21. The number of aliphatic hydroxyl groups is 1. The van der Waals surface area contributed by atoms with Gasteiger partial charge in [-0.25, -0.2) is 4.79 Å². The van der Waals surface area contributed by atoms with E-state index < -0.39 is 23.6 Å². The number of carboxylic acid groups (broad SMARTS) is 1. The Balaban J connectivity index is 2.71. The van der Waals surface area contributed by atoms with Crippen LogP contribution in [0.3, 0.4) is 0 Å². The van der Waals surface area contributed by atoms with E-state index >= 15 is 0 Å². The Bertz CT molecular complexity index is 352. The molecule has 1 rings (SSSR count). The fourth-order valence-electron chi connectivity index (χ4n) is 2.44. The van der Waals surface area contributed by atoms with Gasteiger partial charge in [0.05, 0.1) is 12.1 Å². The first-order valence-electron chi connectivity index (χ1n) is 7.20. The van der Waals surface area contributed by atoms with Crippen molar-refractivity contribution in [2.24, 2.45) is 0 Å². The Labute approximate surface area is 120 Å². The van der Waals surface area contributed by atoms with Crippen LogP contribution in [0.2, 0.25) is 0 Å². The van der Waals surface area contributed by atoms with E-state index in [-0.39, 0.29) is 12.6 Å². The first kappa shape index (κ1) is 16.8. The van der Waals surface area contributed by atoms with E-state index in [1.165, 1.54) is 4.90 Å². The van der Waals surface area contributed by atoms with E-state index in [1.807, 2.05) is 0 Å². The van der Waals surface area contributed by atoms with Crippen molar-refractivity contribution in [3.63, 3.8) is 0 Å². The third-order valence-corrected chi connectivity index (χ3v) is 3.64. The molecule has 1 aliphatic carbocycles. The third-order valence-electron chi connectivity index (χ3n) is 3.64. The van der Waals surface area contributed by atoms with Crippen LogP contribution in [0, 0.1) is 0 Å². The molecule has 116 valence electrons. The molecule has 2 amide bonds. The molecule has 20 heavy (non-hydrogen) atoms. The zero-order valence-electron chi connectivity index (χ0n) is 12.6. The van der Waals surface area contributed by atoms with Crippen LogP contribution in [0.25, 0.3) is 0 Å². The summed E-state index contributed by atoms with van der Waals surface area (Å²) in [6, 6.07) is -0.713. The molecule has 0 aliphatic heterocycles. The van der Waals surface area contributed by atoms with Gasteiger partial charge in [0, 0.05) is 5.54 Å². The first-order valence-corrected chi connectivity index (χ1v) is 7.20. The van der Waals surface area contributed by atoms with Crippen molar-refractivity contribution in [1.82, 2.24) is 10.2 Å². The fraction of sp³-hybridized carbons (Fsp3) is 0.857. The van der Waals surface area contributed by atoms with E-state index in [1.54, 1.807) is 20.8 Å². The van der Waals surface area contributed by atoms with Crippen molar-refractivity contribution >= 4 is 12.0 Å². The van der Waals surface area contributed by atoms with E-state index in [0.717, 1.165) is 25.7 Å². The number of nitrogens with one attached hydrogen (secondary N) is 1. The molecule has 0 aromatic heterocycles. The fourth-order valence-corrected chi connectivity index (χ4v) is 2.44. The average molecular weight is 286 g/mol. The standard InChI is InChI=1S/C14H26N2O4/c1-14(2,3)16(9-12(18)19)13(20)15-10-7-5-4-6-8-11(10)17/h10-11,17H,4-9H2,1-3H3,(H,15,20)(H,18,19). The van der Waals surface area contributed by atoms with E-state index in [2.05, 4.69) is 5.32 Å². The Hall–Kier alpha value is -1.30. The number of carbonyl (C=O) groups is 2. The summed E-state index contributed by atoms with van der Waals surface area (Å²) in [5.74, 6) is -1.04. The third kappa shape index (κ3) is 5.00. The Kier molecular flexibility index (Phi) is 5.80. The maximum Gasteiger partial charge on any atom is 0.323 e.